The molecule has 0 amide bonds. The third-order valence-electron chi connectivity index (χ3n) is 1.89. The van der Waals surface area contributed by atoms with E-state index in [0.717, 1.165) is 0 Å². The molecule has 2 aliphatic rings. The molecule has 0 N–H and O–H groups in total. The predicted octanol–water partition coefficient (Wildman–Crippen LogP) is 1.06. The second-order valence-electron chi connectivity index (χ2n) is 2.55. The number of ether oxygens (including phenoxy) is 2. The first-order chi connectivity index (χ1) is 5.36. The van der Waals surface area contributed by atoms with Crippen LogP contribution in [0.25, 0.3) is 0 Å². The molecule has 0 aromatic heterocycles. The van der Waals surface area contributed by atoms with Crippen LogP contribution < -0.4 is 0 Å². The highest BCUT2D eigenvalue weighted by atomic mass is 31.1. The third-order valence-corrected chi connectivity index (χ3v) is 3.26. The van der Waals surface area contributed by atoms with Gasteiger partial charge in [0.1, 0.15) is 6.10 Å². The van der Waals surface area contributed by atoms with Crippen molar-refractivity contribution < 1.29 is 18.6 Å². The highest BCUT2D eigenvalue weighted by Crippen LogP contribution is 2.43. The standard InChI is InChI=1S/C5H6O4P2/c6-10-1-2-4(11-7)3-5(8-2)9-3/h2-5H,1H2/t2-,3?,4-,5?/m1/s1. The minimum atomic E-state index is -0.173. The van der Waals surface area contributed by atoms with Gasteiger partial charge in [0, 0.05) is 0 Å². The molecule has 0 aromatic carbocycles. The average Bonchev–Trinajstić information content (AvgIpc) is 2.65. The zero-order valence-electron chi connectivity index (χ0n) is 5.54. The van der Waals surface area contributed by atoms with Crippen LogP contribution >= 0.6 is 16.9 Å². The van der Waals surface area contributed by atoms with Crippen LogP contribution in [0.3, 0.4) is 0 Å². The van der Waals surface area contributed by atoms with Crippen molar-refractivity contribution in [2.24, 2.45) is 0 Å². The van der Waals surface area contributed by atoms with E-state index in [2.05, 4.69) is 0 Å². The lowest BCUT2D eigenvalue weighted by Crippen LogP contribution is -2.24. The molecule has 2 rings (SSSR count). The molecule has 0 saturated carbocycles. The molecular formula is C5H6O4P2. The zero-order chi connectivity index (χ0) is 7.84. The lowest BCUT2D eigenvalue weighted by molar-refractivity contribution is 0.00243. The number of rotatable bonds is 3. The molecule has 11 heavy (non-hydrogen) atoms. The van der Waals surface area contributed by atoms with E-state index in [-0.39, 0.29) is 41.1 Å². The van der Waals surface area contributed by atoms with Crippen molar-refractivity contribution in [3.63, 3.8) is 0 Å². The van der Waals surface area contributed by atoms with Crippen molar-refractivity contribution in [3.05, 3.63) is 0 Å². The van der Waals surface area contributed by atoms with E-state index < -0.39 is 0 Å². The summed E-state index contributed by atoms with van der Waals surface area (Å²) in [6, 6.07) is 0. The molecule has 0 bridgehead atoms. The molecule has 0 spiro atoms. The van der Waals surface area contributed by atoms with Gasteiger partial charge >= 0.3 is 0 Å². The van der Waals surface area contributed by atoms with Gasteiger partial charge in [0.2, 0.25) is 0 Å². The van der Waals surface area contributed by atoms with Crippen molar-refractivity contribution in [2.75, 3.05) is 6.16 Å². The first-order valence-corrected chi connectivity index (χ1v) is 5.17. The van der Waals surface area contributed by atoms with Gasteiger partial charge in [-0.3, -0.25) is 9.13 Å². The van der Waals surface area contributed by atoms with Crippen molar-refractivity contribution in [2.45, 2.75) is 24.2 Å². The monoisotopic (exact) mass is 192 g/mol. The molecule has 4 nitrogen and oxygen atoms in total. The van der Waals surface area contributed by atoms with Crippen molar-refractivity contribution in [3.8, 4) is 0 Å². The maximum absolute atomic E-state index is 10.6. The number of hydrogen-bond donors (Lipinski definition) is 0. The van der Waals surface area contributed by atoms with Gasteiger partial charge in [0.05, 0.1) is 17.9 Å². The lowest BCUT2D eigenvalue weighted by atomic mass is 10.2. The van der Waals surface area contributed by atoms with E-state index in [1.165, 1.54) is 0 Å². The summed E-state index contributed by atoms with van der Waals surface area (Å²) < 4.78 is 31.0. The Morgan fingerprint density at radius 2 is 2.09 bits per heavy atom. The Kier molecular flexibility index (Phi) is 2.02. The number of fused-ring (bicyclic) bond motifs is 1. The van der Waals surface area contributed by atoms with Gasteiger partial charge in [-0.05, 0) is 0 Å². The van der Waals surface area contributed by atoms with Gasteiger partial charge < -0.3 is 9.47 Å². The Balaban J connectivity index is 2.00. The molecule has 0 aromatic rings. The summed E-state index contributed by atoms with van der Waals surface area (Å²) in [6.07, 6.45) is 0.0715. The quantitative estimate of drug-likeness (QED) is 0.495. The summed E-state index contributed by atoms with van der Waals surface area (Å²) in [6.45, 7) is 0. The summed E-state index contributed by atoms with van der Waals surface area (Å²) >= 11 is 0. The molecule has 2 heterocycles. The highest BCUT2D eigenvalue weighted by molar-refractivity contribution is 7.26. The fourth-order valence-electron chi connectivity index (χ4n) is 1.28. The Labute approximate surface area is 66.7 Å². The third kappa shape index (κ3) is 1.25. The molecule has 2 aliphatic heterocycles. The van der Waals surface area contributed by atoms with E-state index in [4.69, 9.17) is 9.47 Å². The Morgan fingerprint density at radius 1 is 1.27 bits per heavy atom. The molecule has 2 fully saturated rings. The minimum Gasteiger partial charge on any atom is -0.345 e. The lowest BCUT2D eigenvalue weighted by Gasteiger charge is -2.10. The van der Waals surface area contributed by atoms with E-state index in [0.29, 0.717) is 6.16 Å². The molecular weight excluding hydrogens is 186 g/mol. The van der Waals surface area contributed by atoms with Gasteiger partial charge in [0.25, 0.3) is 0 Å². The van der Waals surface area contributed by atoms with Crippen LogP contribution in [-0.4, -0.2) is 30.3 Å². The minimum absolute atomic E-state index is 0.0130. The van der Waals surface area contributed by atoms with Crippen LogP contribution in [0.1, 0.15) is 0 Å². The van der Waals surface area contributed by atoms with Crippen LogP contribution in [0.5, 0.6) is 0 Å². The number of epoxide rings is 1. The molecule has 0 aliphatic carbocycles. The summed E-state index contributed by atoms with van der Waals surface area (Å²) in [4.78, 5) is 0. The SMILES string of the molecule is O=PC[C@H]1OC2OC2[C@@H]1P=O. The van der Waals surface area contributed by atoms with Crippen molar-refractivity contribution in [1.29, 1.82) is 0 Å². The van der Waals surface area contributed by atoms with E-state index in [1.54, 1.807) is 0 Å². The van der Waals surface area contributed by atoms with Gasteiger partial charge in [-0.2, -0.15) is 0 Å². The first kappa shape index (κ1) is 7.75. The molecule has 6 heteroatoms. The van der Waals surface area contributed by atoms with Crippen molar-refractivity contribution >= 4 is 16.9 Å². The number of hydrogen-bond acceptors (Lipinski definition) is 4. The molecule has 4 atom stereocenters. The summed E-state index contributed by atoms with van der Waals surface area (Å²) in [5.74, 6) is 0. The van der Waals surface area contributed by atoms with Crippen molar-refractivity contribution in [1.82, 2.24) is 0 Å². The van der Waals surface area contributed by atoms with Gasteiger partial charge in [-0.25, -0.2) is 0 Å². The van der Waals surface area contributed by atoms with Crippen LogP contribution in [0, 0.1) is 0 Å². The van der Waals surface area contributed by atoms with Crippen LogP contribution in [-0.2, 0) is 18.6 Å². The fourth-order valence-corrected chi connectivity index (χ4v) is 2.55. The summed E-state index contributed by atoms with van der Waals surface area (Å²) in [7, 11) is 0.0755. The highest BCUT2D eigenvalue weighted by Gasteiger charge is 2.57. The molecule has 2 unspecified atom stereocenters. The van der Waals surface area contributed by atoms with Gasteiger partial charge in [-0.1, -0.05) is 0 Å². The topological polar surface area (TPSA) is 55.9 Å². The maximum Gasteiger partial charge on any atom is 0.186 e. The summed E-state index contributed by atoms with van der Waals surface area (Å²) in [5.41, 5.74) is -0.110. The Bertz CT molecular complexity index is 197. The Morgan fingerprint density at radius 3 is 2.73 bits per heavy atom. The molecule has 2 saturated heterocycles. The van der Waals surface area contributed by atoms with E-state index in [9.17, 15) is 9.13 Å². The second kappa shape index (κ2) is 2.87. The Hall–Kier alpha value is 0.120. The summed E-state index contributed by atoms with van der Waals surface area (Å²) in [5, 5.41) is 0. The predicted molar refractivity (Wildman–Crippen MR) is 37.4 cm³/mol. The fraction of sp³-hybridized carbons (Fsp3) is 1.00. The van der Waals surface area contributed by atoms with Gasteiger partial charge in [0.15, 0.2) is 23.2 Å². The first-order valence-electron chi connectivity index (χ1n) is 3.29. The average molecular weight is 192 g/mol. The maximum atomic E-state index is 10.6. The second-order valence-corrected chi connectivity index (χ2v) is 3.98. The smallest absolute Gasteiger partial charge is 0.186 e. The van der Waals surface area contributed by atoms with Crippen LogP contribution in [0.4, 0.5) is 0 Å². The zero-order valence-corrected chi connectivity index (χ0v) is 7.33. The van der Waals surface area contributed by atoms with E-state index >= 15 is 0 Å². The van der Waals surface area contributed by atoms with Crippen LogP contribution in [0.15, 0.2) is 0 Å². The van der Waals surface area contributed by atoms with Crippen LogP contribution in [0.2, 0.25) is 0 Å². The normalized spacial score (nSPS) is 48.0. The van der Waals surface area contributed by atoms with E-state index in [1.807, 2.05) is 0 Å². The molecule has 0 radical (unpaired) electrons. The molecule has 60 valence electrons. The van der Waals surface area contributed by atoms with Gasteiger partial charge in [-0.15, -0.1) is 0 Å². The largest absolute Gasteiger partial charge is 0.345 e.